The van der Waals surface area contributed by atoms with Crippen LogP contribution >= 0.6 is 11.6 Å². The number of aromatic nitrogens is 4. The average molecular weight is 491 g/mol. The van der Waals surface area contributed by atoms with E-state index >= 15 is 0 Å². The van der Waals surface area contributed by atoms with Gasteiger partial charge in [0.1, 0.15) is 5.75 Å². The van der Waals surface area contributed by atoms with Crippen molar-refractivity contribution in [2.24, 2.45) is 0 Å². The van der Waals surface area contributed by atoms with Crippen LogP contribution in [0.25, 0.3) is 22.4 Å². The third kappa shape index (κ3) is 4.73. The number of hydrogen-bond donors (Lipinski definition) is 2. The molecule has 11 heteroatoms. The summed E-state index contributed by atoms with van der Waals surface area (Å²) in [4.78, 5) is 34.6. The summed E-state index contributed by atoms with van der Waals surface area (Å²) in [6, 6.07) is 14.5. The maximum atomic E-state index is 12.8. The molecule has 0 bridgehead atoms. The van der Waals surface area contributed by atoms with Crippen molar-refractivity contribution in [2.75, 3.05) is 49.2 Å². The molecule has 0 spiro atoms. The number of carbonyl (C=O) groups is 1. The lowest BCUT2D eigenvalue weighted by atomic mass is 10.1. The molecule has 0 aliphatic carbocycles. The van der Waals surface area contributed by atoms with E-state index in [0.29, 0.717) is 65.3 Å². The highest BCUT2D eigenvalue weighted by Gasteiger charge is 2.25. The van der Waals surface area contributed by atoms with Crippen LogP contribution in [0.4, 0.5) is 22.2 Å². The Morgan fingerprint density at radius 1 is 1.03 bits per heavy atom. The van der Waals surface area contributed by atoms with Gasteiger partial charge in [-0.2, -0.15) is 9.97 Å². The van der Waals surface area contributed by atoms with Crippen LogP contribution in [0.3, 0.4) is 0 Å². The van der Waals surface area contributed by atoms with Crippen LogP contribution < -0.4 is 20.7 Å². The SMILES string of the molecule is COc1ccccc1NC(=O)N1CCN(c2nc(N)nc3ncc(-c4ccc(Cl)cc4)nc23)CC1. The molecule has 0 saturated carbocycles. The molecule has 2 aromatic heterocycles. The summed E-state index contributed by atoms with van der Waals surface area (Å²) < 4.78 is 5.32. The molecule has 10 nitrogen and oxygen atoms in total. The second kappa shape index (κ2) is 9.59. The summed E-state index contributed by atoms with van der Waals surface area (Å²) in [6.07, 6.45) is 1.65. The molecule has 4 aromatic rings. The number of benzene rings is 2. The molecule has 1 aliphatic rings. The first-order valence-corrected chi connectivity index (χ1v) is 11.4. The van der Waals surface area contributed by atoms with E-state index in [2.05, 4.69) is 20.3 Å². The zero-order valence-corrected chi connectivity index (χ0v) is 19.7. The minimum absolute atomic E-state index is 0.123. The largest absolute Gasteiger partial charge is 0.495 e. The molecular formula is C24H23ClN8O2. The fourth-order valence-corrected chi connectivity index (χ4v) is 4.08. The van der Waals surface area contributed by atoms with E-state index in [1.165, 1.54) is 0 Å². The van der Waals surface area contributed by atoms with E-state index in [9.17, 15) is 4.79 Å². The maximum Gasteiger partial charge on any atom is 0.322 e. The van der Waals surface area contributed by atoms with Gasteiger partial charge in [-0.3, -0.25) is 0 Å². The Bertz CT molecular complexity index is 1370. The van der Waals surface area contributed by atoms with Gasteiger partial charge in [-0.05, 0) is 24.3 Å². The van der Waals surface area contributed by atoms with Gasteiger partial charge in [0.2, 0.25) is 5.95 Å². The second-order valence-electron chi connectivity index (χ2n) is 7.94. The summed E-state index contributed by atoms with van der Waals surface area (Å²) in [5.74, 6) is 1.33. The number of anilines is 3. The molecule has 2 aromatic carbocycles. The Labute approximate surface area is 206 Å². The van der Waals surface area contributed by atoms with Crippen LogP contribution in [-0.4, -0.2) is 64.2 Å². The molecule has 3 heterocycles. The van der Waals surface area contributed by atoms with Crippen molar-refractivity contribution in [2.45, 2.75) is 0 Å². The first-order chi connectivity index (χ1) is 17.0. The quantitative estimate of drug-likeness (QED) is 0.444. The molecule has 1 fully saturated rings. The fraction of sp³-hybridized carbons (Fsp3) is 0.208. The molecule has 2 amide bonds. The normalized spacial score (nSPS) is 13.7. The Morgan fingerprint density at radius 2 is 1.77 bits per heavy atom. The molecule has 0 atom stereocenters. The van der Waals surface area contributed by atoms with Gasteiger partial charge in [-0.1, -0.05) is 35.9 Å². The number of nitrogen functional groups attached to an aromatic ring is 1. The van der Waals surface area contributed by atoms with Crippen molar-refractivity contribution in [3.05, 3.63) is 59.8 Å². The number of hydrogen-bond acceptors (Lipinski definition) is 8. The number of carbonyl (C=O) groups excluding carboxylic acids is 1. The topological polar surface area (TPSA) is 122 Å². The average Bonchev–Trinajstić information content (AvgIpc) is 2.89. The van der Waals surface area contributed by atoms with Crippen LogP contribution in [0.1, 0.15) is 0 Å². The Kier molecular flexibility index (Phi) is 6.19. The number of nitrogens with zero attached hydrogens (tertiary/aromatic N) is 6. The molecule has 0 unspecified atom stereocenters. The summed E-state index contributed by atoms with van der Waals surface area (Å²) >= 11 is 6.02. The highest BCUT2D eigenvalue weighted by Crippen LogP contribution is 2.27. The van der Waals surface area contributed by atoms with E-state index in [0.717, 1.165) is 5.56 Å². The number of rotatable bonds is 4. The zero-order valence-electron chi connectivity index (χ0n) is 19.0. The number of nitrogens with two attached hydrogens (primary N) is 1. The predicted molar refractivity (Wildman–Crippen MR) is 136 cm³/mol. The first-order valence-electron chi connectivity index (χ1n) is 11.0. The Morgan fingerprint density at radius 3 is 2.51 bits per heavy atom. The zero-order chi connectivity index (χ0) is 24.4. The van der Waals surface area contributed by atoms with Crippen LogP contribution in [0.5, 0.6) is 5.75 Å². The molecule has 5 rings (SSSR count). The van der Waals surface area contributed by atoms with Crippen molar-refractivity contribution >= 4 is 46.2 Å². The van der Waals surface area contributed by atoms with Gasteiger partial charge in [-0.15, -0.1) is 0 Å². The molecule has 1 aliphatic heterocycles. The lowest BCUT2D eigenvalue weighted by Crippen LogP contribution is -2.50. The van der Waals surface area contributed by atoms with Crippen molar-refractivity contribution in [3.8, 4) is 17.0 Å². The number of urea groups is 1. The van der Waals surface area contributed by atoms with Crippen molar-refractivity contribution < 1.29 is 9.53 Å². The van der Waals surface area contributed by atoms with Gasteiger partial charge in [-0.25, -0.2) is 14.8 Å². The highest BCUT2D eigenvalue weighted by molar-refractivity contribution is 6.30. The number of para-hydroxylation sites is 2. The number of nitrogens with one attached hydrogen (secondary N) is 1. The Balaban J connectivity index is 1.36. The highest BCUT2D eigenvalue weighted by atomic mass is 35.5. The lowest BCUT2D eigenvalue weighted by Gasteiger charge is -2.35. The summed E-state index contributed by atoms with van der Waals surface area (Å²) in [7, 11) is 1.57. The summed E-state index contributed by atoms with van der Waals surface area (Å²) in [6.45, 7) is 2.10. The van der Waals surface area contributed by atoms with Crippen LogP contribution in [-0.2, 0) is 0 Å². The lowest BCUT2D eigenvalue weighted by molar-refractivity contribution is 0.208. The number of fused-ring (bicyclic) bond motifs is 1. The van der Waals surface area contributed by atoms with E-state index in [4.69, 9.17) is 27.1 Å². The minimum atomic E-state index is -0.189. The molecule has 178 valence electrons. The van der Waals surface area contributed by atoms with Crippen molar-refractivity contribution in [3.63, 3.8) is 0 Å². The molecule has 1 saturated heterocycles. The van der Waals surface area contributed by atoms with Crippen LogP contribution in [0, 0.1) is 0 Å². The minimum Gasteiger partial charge on any atom is -0.495 e. The first kappa shape index (κ1) is 22.6. The maximum absolute atomic E-state index is 12.8. The predicted octanol–water partition coefficient (Wildman–Crippen LogP) is 3.69. The van der Waals surface area contributed by atoms with Crippen LogP contribution in [0.2, 0.25) is 5.02 Å². The molecule has 0 radical (unpaired) electrons. The number of ether oxygens (including phenoxy) is 1. The van der Waals surface area contributed by atoms with E-state index in [1.807, 2.05) is 29.2 Å². The third-order valence-electron chi connectivity index (χ3n) is 5.76. The number of amides is 2. The number of piperazine rings is 1. The van der Waals surface area contributed by atoms with Gasteiger partial charge in [0.25, 0.3) is 0 Å². The van der Waals surface area contributed by atoms with Crippen molar-refractivity contribution in [1.29, 1.82) is 0 Å². The van der Waals surface area contributed by atoms with E-state index in [-0.39, 0.29) is 12.0 Å². The molecule has 35 heavy (non-hydrogen) atoms. The van der Waals surface area contributed by atoms with Gasteiger partial charge in [0.05, 0.1) is 24.7 Å². The van der Waals surface area contributed by atoms with Gasteiger partial charge in [0.15, 0.2) is 17.0 Å². The smallest absolute Gasteiger partial charge is 0.322 e. The second-order valence-corrected chi connectivity index (χ2v) is 8.38. The van der Waals surface area contributed by atoms with Crippen LogP contribution in [0.15, 0.2) is 54.7 Å². The van der Waals surface area contributed by atoms with E-state index < -0.39 is 0 Å². The van der Waals surface area contributed by atoms with Gasteiger partial charge in [0, 0.05) is 36.8 Å². The molecule has 3 N–H and O–H groups in total. The summed E-state index contributed by atoms with van der Waals surface area (Å²) in [5.41, 5.74) is 9.13. The molecular weight excluding hydrogens is 468 g/mol. The number of halogens is 1. The van der Waals surface area contributed by atoms with Gasteiger partial charge >= 0.3 is 6.03 Å². The van der Waals surface area contributed by atoms with E-state index in [1.54, 1.807) is 42.5 Å². The van der Waals surface area contributed by atoms with Crippen molar-refractivity contribution in [1.82, 2.24) is 24.8 Å². The standard InChI is InChI=1S/C24H23ClN8O2/c1-35-19-5-3-2-4-17(19)29-24(34)33-12-10-32(11-13-33)22-20-21(30-23(26)31-22)27-14-18(28-20)15-6-8-16(25)9-7-15/h2-9,14H,10-13H2,1H3,(H,29,34)(H2,26,27,30,31). The Hall–Kier alpha value is -4.18. The number of methoxy groups -OCH3 is 1. The summed E-state index contributed by atoms with van der Waals surface area (Å²) in [5, 5.41) is 3.57. The van der Waals surface area contributed by atoms with Gasteiger partial charge < -0.3 is 25.6 Å². The fourth-order valence-electron chi connectivity index (χ4n) is 3.95. The monoisotopic (exact) mass is 490 g/mol. The third-order valence-corrected chi connectivity index (χ3v) is 6.01.